The molecule has 7 atom stereocenters. The number of aromatic nitrogens is 2. The van der Waals surface area contributed by atoms with Crippen molar-refractivity contribution in [2.45, 2.75) is 71.5 Å². The van der Waals surface area contributed by atoms with Gasteiger partial charge in [-0.1, -0.05) is 93.9 Å². The van der Waals surface area contributed by atoms with Crippen LogP contribution >= 0.6 is 0 Å². The molecule has 6 rings (SSSR count). The Kier molecular flexibility index (Phi) is 8.60. The van der Waals surface area contributed by atoms with E-state index in [0.29, 0.717) is 46.1 Å². The summed E-state index contributed by atoms with van der Waals surface area (Å²) >= 11 is 0. The molecule has 5 heterocycles. The third-order valence-corrected chi connectivity index (χ3v) is 10.4. The van der Waals surface area contributed by atoms with Crippen molar-refractivity contribution < 1.29 is 19.4 Å². The number of nitrogens with two attached hydrogens (primary N) is 1. The van der Waals surface area contributed by atoms with Gasteiger partial charge in [-0.25, -0.2) is 0 Å². The van der Waals surface area contributed by atoms with Gasteiger partial charge >= 0.3 is 29.0 Å². The fourth-order valence-corrected chi connectivity index (χ4v) is 7.86. The topological polar surface area (TPSA) is 146 Å². The number of methoxy groups -OCH3 is 1. The molecule has 44 heavy (non-hydrogen) atoms. The van der Waals surface area contributed by atoms with Crippen molar-refractivity contribution >= 4 is 59.3 Å². The molecule has 0 aromatic carbocycles. The largest absolute Gasteiger partial charge is 2.00 e. The van der Waals surface area contributed by atoms with E-state index in [2.05, 4.69) is 20.4 Å². The van der Waals surface area contributed by atoms with Gasteiger partial charge in [0, 0.05) is 0 Å². The number of esters is 1. The van der Waals surface area contributed by atoms with Gasteiger partial charge in [-0.2, -0.15) is 11.4 Å². The molecule has 0 radical (unpaired) electrons. The Labute approximate surface area is 274 Å². The summed E-state index contributed by atoms with van der Waals surface area (Å²) in [5, 5.41) is 21.9. The van der Waals surface area contributed by atoms with Crippen molar-refractivity contribution in [3.8, 4) is 0 Å². The maximum atomic E-state index is 14.2. The summed E-state index contributed by atoms with van der Waals surface area (Å²) < 4.78 is 5.17. The summed E-state index contributed by atoms with van der Waals surface area (Å²) in [5.41, 5.74) is 12.2. The van der Waals surface area contributed by atoms with Gasteiger partial charge in [0.15, 0.2) is 5.78 Å². The molecule has 3 N–H and O–H groups in total. The third kappa shape index (κ3) is 4.40. The second-order valence-corrected chi connectivity index (χ2v) is 12.3. The number of rotatable bonds is 4. The van der Waals surface area contributed by atoms with Gasteiger partial charge in [-0.15, -0.1) is 34.5 Å². The standard InChI is InChI=1S/C34H39N5O4.Mg/c1-8-18-15(4)22-11-23-16(5)19(9-2)30(38-23)28-29(33(42)43-7)32(41)34(35)17(6)24(39-31(28)34)12-26-20(10-3)21(14-40)27(37-26)13-25(18)36-22;/h8,12-14,16-17,19,23,29-30,40H,1,9-11,35H2,2-7H3;/q-4;+2/b21-14-,24-12-,27-13-;/t16-,17?,19-,23?,29+,30?,34-;/m0./s1. The second-order valence-electron chi connectivity index (χ2n) is 12.3. The van der Waals surface area contributed by atoms with E-state index in [-0.39, 0.29) is 40.9 Å². The first-order valence-electron chi connectivity index (χ1n) is 15.1. The van der Waals surface area contributed by atoms with Crippen LogP contribution in [0.4, 0.5) is 0 Å². The number of carbonyl (C=O) groups excluding carboxylic acids is 2. The summed E-state index contributed by atoms with van der Waals surface area (Å²) in [5.74, 6) is -2.45. The molecule has 10 heteroatoms. The Morgan fingerprint density at radius 2 is 1.95 bits per heavy atom. The Balaban J connectivity index is 0.00000384. The zero-order valence-corrected chi connectivity index (χ0v) is 27.8. The van der Waals surface area contributed by atoms with Crippen LogP contribution in [0.25, 0.3) is 35.1 Å². The number of hydrogen-bond donors (Lipinski definition) is 2. The molecular weight excluding hydrogens is 567 g/mol. The molecule has 0 spiro atoms. The molecule has 0 amide bonds. The van der Waals surface area contributed by atoms with Gasteiger partial charge in [0.25, 0.3) is 0 Å². The Morgan fingerprint density at radius 1 is 1.23 bits per heavy atom. The van der Waals surface area contributed by atoms with Crippen LogP contribution in [0.2, 0.25) is 0 Å². The van der Waals surface area contributed by atoms with Crippen molar-refractivity contribution in [3.05, 3.63) is 78.5 Å². The molecule has 4 aliphatic rings. The van der Waals surface area contributed by atoms with E-state index in [9.17, 15) is 14.7 Å². The van der Waals surface area contributed by atoms with Crippen LogP contribution in [-0.4, -0.2) is 64.6 Å². The minimum atomic E-state index is -1.49. The first-order chi connectivity index (χ1) is 20.5. The van der Waals surface area contributed by atoms with Gasteiger partial charge in [0.2, 0.25) is 0 Å². The van der Waals surface area contributed by atoms with Crippen LogP contribution < -0.4 is 26.3 Å². The van der Waals surface area contributed by atoms with E-state index >= 15 is 0 Å². The van der Waals surface area contributed by atoms with Crippen LogP contribution in [0.15, 0.2) is 23.5 Å². The molecule has 9 nitrogen and oxygen atoms in total. The molecule has 2 aromatic rings. The number of aliphatic hydroxyl groups is 1. The molecule has 3 unspecified atom stereocenters. The minimum absolute atomic E-state index is 0. The molecule has 2 saturated heterocycles. The third-order valence-electron chi connectivity index (χ3n) is 10.4. The summed E-state index contributed by atoms with van der Waals surface area (Å²) in [6, 6.07) is -0.505. The van der Waals surface area contributed by atoms with Crippen molar-refractivity contribution in [3.63, 3.8) is 0 Å². The Morgan fingerprint density at radius 3 is 2.57 bits per heavy atom. The van der Waals surface area contributed by atoms with E-state index in [1.54, 1.807) is 0 Å². The molecular formula is C34H39MgN5O4-2. The quantitative estimate of drug-likeness (QED) is 0.310. The first-order valence-corrected chi connectivity index (χ1v) is 15.1. The number of Topliss-reactive ketones (excluding diaryl/α,β-unsaturated/α-hetero) is 1. The van der Waals surface area contributed by atoms with Crippen LogP contribution in [0.3, 0.4) is 0 Å². The maximum Gasteiger partial charge on any atom is 2.00 e. The molecule has 3 aliphatic heterocycles. The zero-order valence-electron chi connectivity index (χ0n) is 26.3. The van der Waals surface area contributed by atoms with Crippen molar-refractivity contribution in [1.82, 2.24) is 9.97 Å². The summed E-state index contributed by atoms with van der Waals surface area (Å²) in [7, 11) is 1.30. The average molecular weight is 606 g/mol. The smallest absolute Gasteiger partial charge is 0.663 e. The predicted molar refractivity (Wildman–Crippen MR) is 172 cm³/mol. The van der Waals surface area contributed by atoms with E-state index in [1.807, 2.05) is 39.0 Å². The number of fused-ring (bicyclic) bond motifs is 8. The van der Waals surface area contributed by atoms with E-state index in [4.69, 9.17) is 31.1 Å². The van der Waals surface area contributed by atoms with E-state index in [0.717, 1.165) is 40.8 Å². The molecule has 2 fully saturated rings. The van der Waals surface area contributed by atoms with Crippen molar-refractivity contribution in [2.75, 3.05) is 7.11 Å². The summed E-state index contributed by atoms with van der Waals surface area (Å²) in [6.07, 6.45) is 8.67. The normalized spacial score (nSPS) is 32.9. The first kappa shape index (κ1) is 32.3. The van der Waals surface area contributed by atoms with Gasteiger partial charge in [0.1, 0.15) is 5.92 Å². The van der Waals surface area contributed by atoms with Crippen LogP contribution in [-0.2, 0) is 27.2 Å². The molecule has 1 aliphatic carbocycles. The monoisotopic (exact) mass is 605 g/mol. The number of carbonyl (C=O) groups is 2. The fraction of sp³-hybridized carbons (Fsp3) is 0.471. The fourth-order valence-electron chi connectivity index (χ4n) is 7.86. The summed E-state index contributed by atoms with van der Waals surface area (Å²) in [4.78, 5) is 37.4. The van der Waals surface area contributed by atoms with Gasteiger partial charge in [-0.05, 0) is 30.0 Å². The van der Waals surface area contributed by atoms with Gasteiger partial charge in [0.05, 0.1) is 18.9 Å². The summed E-state index contributed by atoms with van der Waals surface area (Å²) in [6.45, 7) is 14.3. The zero-order chi connectivity index (χ0) is 31.0. The Bertz CT molecular complexity index is 1730. The van der Waals surface area contributed by atoms with Crippen molar-refractivity contribution in [2.24, 2.45) is 29.4 Å². The van der Waals surface area contributed by atoms with E-state index < -0.39 is 35.2 Å². The number of ether oxygens (including phenoxy) is 1. The molecule has 228 valence electrons. The van der Waals surface area contributed by atoms with E-state index in [1.165, 1.54) is 7.11 Å². The van der Waals surface area contributed by atoms with Crippen LogP contribution in [0.5, 0.6) is 0 Å². The van der Waals surface area contributed by atoms with Crippen LogP contribution in [0, 0.1) is 30.6 Å². The maximum absolute atomic E-state index is 14.2. The minimum Gasteiger partial charge on any atom is -0.663 e. The predicted octanol–water partition coefficient (Wildman–Crippen LogP) is 2.89. The van der Waals surface area contributed by atoms with Crippen LogP contribution in [0.1, 0.15) is 67.9 Å². The SMILES string of the molecule is C=Cc1c2[n-]c(c1C)CC1[N-]C(C3=C4[N-]/C(=C\c5[n-]c(/c(=C\O)c5CC)=C\2)C(C)[C@@]4(N)C(=O)[C@@H]3C(=O)OC)[C@@H](CC)[C@@H]1C.[Mg+2]. The molecule has 0 saturated carbocycles. The number of aliphatic hydroxyl groups excluding tert-OH is 1. The van der Waals surface area contributed by atoms with Crippen molar-refractivity contribution in [1.29, 1.82) is 0 Å². The van der Waals surface area contributed by atoms with Gasteiger partial charge in [-0.3, -0.25) is 9.59 Å². The van der Waals surface area contributed by atoms with Gasteiger partial charge < -0.3 is 36.2 Å². The average Bonchev–Trinajstić information content (AvgIpc) is 3.71. The number of ketones is 1. The molecule has 2 aromatic heterocycles. The number of nitrogens with zero attached hydrogens (tertiary/aromatic N) is 4. The second kappa shape index (κ2) is 11.7. The Hall–Kier alpha value is -3.05. The molecule has 8 bridgehead atoms. The number of hydrogen-bond acceptors (Lipinski definition) is 5.